The van der Waals surface area contributed by atoms with E-state index < -0.39 is 0 Å². The molecule has 1 rings (SSSR count). The van der Waals surface area contributed by atoms with E-state index in [4.69, 9.17) is 5.73 Å². The van der Waals surface area contributed by atoms with E-state index in [0.717, 1.165) is 12.8 Å². The van der Waals surface area contributed by atoms with Gasteiger partial charge in [-0.25, -0.2) is 0 Å². The third-order valence-corrected chi connectivity index (χ3v) is 3.96. The molecule has 0 aliphatic heterocycles. The lowest BCUT2D eigenvalue weighted by Gasteiger charge is -2.22. The first kappa shape index (κ1) is 15.2. The van der Waals surface area contributed by atoms with Crippen molar-refractivity contribution in [3.63, 3.8) is 0 Å². The molecular formula is C17H29N. The average molecular weight is 247 g/mol. The van der Waals surface area contributed by atoms with Crippen LogP contribution < -0.4 is 5.73 Å². The van der Waals surface area contributed by atoms with Crippen molar-refractivity contribution < 1.29 is 0 Å². The van der Waals surface area contributed by atoms with E-state index in [2.05, 4.69) is 45.0 Å². The predicted octanol–water partition coefficient (Wildman–Crippen LogP) is 4.34. The van der Waals surface area contributed by atoms with E-state index in [9.17, 15) is 0 Å². The van der Waals surface area contributed by atoms with Crippen molar-refractivity contribution in [1.29, 1.82) is 0 Å². The Hall–Kier alpha value is -0.820. The highest BCUT2D eigenvalue weighted by Gasteiger charge is 2.15. The monoisotopic (exact) mass is 247 g/mol. The van der Waals surface area contributed by atoms with Crippen molar-refractivity contribution in [2.75, 3.05) is 0 Å². The molecule has 1 heteroatoms. The minimum atomic E-state index is 0.314. The Kier molecular flexibility index (Phi) is 7.04. The van der Waals surface area contributed by atoms with Crippen LogP contribution in [0.5, 0.6) is 0 Å². The minimum absolute atomic E-state index is 0.314. The van der Waals surface area contributed by atoms with Gasteiger partial charge in [-0.05, 0) is 36.3 Å². The van der Waals surface area contributed by atoms with Crippen molar-refractivity contribution in [2.24, 2.45) is 11.7 Å². The molecular weight excluding hydrogens is 218 g/mol. The molecule has 1 nitrogen and oxygen atoms in total. The molecule has 0 aliphatic carbocycles. The summed E-state index contributed by atoms with van der Waals surface area (Å²) in [6.45, 7) is 6.71. The number of hydrogen-bond acceptors (Lipinski definition) is 1. The molecule has 18 heavy (non-hydrogen) atoms. The van der Waals surface area contributed by atoms with Gasteiger partial charge in [0.05, 0.1) is 0 Å². The molecule has 1 aromatic carbocycles. The summed E-state index contributed by atoms with van der Waals surface area (Å²) in [5.74, 6) is 0.677. The van der Waals surface area contributed by atoms with Crippen LogP contribution in [0.25, 0.3) is 0 Å². The fraction of sp³-hybridized carbons (Fsp3) is 0.647. The highest BCUT2D eigenvalue weighted by molar-refractivity contribution is 5.23. The Morgan fingerprint density at radius 3 is 2.11 bits per heavy atom. The van der Waals surface area contributed by atoms with Gasteiger partial charge in [-0.1, -0.05) is 64.3 Å². The highest BCUT2D eigenvalue weighted by Crippen LogP contribution is 2.19. The maximum Gasteiger partial charge on any atom is 0.0108 e. The van der Waals surface area contributed by atoms with Crippen LogP contribution in [0.4, 0.5) is 0 Å². The molecule has 0 spiro atoms. The number of hydrogen-bond donors (Lipinski definition) is 1. The van der Waals surface area contributed by atoms with E-state index in [1.807, 2.05) is 0 Å². The Bertz CT molecular complexity index is 315. The van der Waals surface area contributed by atoms with Gasteiger partial charge in [0.1, 0.15) is 0 Å². The summed E-state index contributed by atoms with van der Waals surface area (Å²) >= 11 is 0. The molecule has 2 unspecified atom stereocenters. The first-order chi connectivity index (χ1) is 8.71. The zero-order valence-corrected chi connectivity index (χ0v) is 12.3. The Morgan fingerprint density at radius 2 is 1.61 bits per heavy atom. The smallest absolute Gasteiger partial charge is 0.0108 e. The topological polar surface area (TPSA) is 26.0 Å². The number of nitrogens with two attached hydrogens (primary N) is 1. The first-order valence-corrected chi connectivity index (χ1v) is 7.54. The molecule has 0 aromatic heterocycles. The van der Waals surface area contributed by atoms with Crippen molar-refractivity contribution in [3.8, 4) is 0 Å². The SMILES string of the molecule is CCCCC(CC)C(N)Cc1ccc(CC)cc1. The van der Waals surface area contributed by atoms with Gasteiger partial charge < -0.3 is 5.73 Å². The van der Waals surface area contributed by atoms with Crippen LogP contribution in [0.2, 0.25) is 0 Å². The lowest BCUT2D eigenvalue weighted by atomic mass is 9.88. The summed E-state index contributed by atoms with van der Waals surface area (Å²) < 4.78 is 0. The molecule has 0 saturated heterocycles. The largest absolute Gasteiger partial charge is 0.327 e. The summed E-state index contributed by atoms with van der Waals surface area (Å²) in [5, 5.41) is 0. The number of rotatable bonds is 8. The van der Waals surface area contributed by atoms with Crippen molar-refractivity contribution in [1.82, 2.24) is 0 Å². The molecule has 0 radical (unpaired) electrons. The van der Waals surface area contributed by atoms with Crippen molar-refractivity contribution >= 4 is 0 Å². The maximum atomic E-state index is 6.37. The van der Waals surface area contributed by atoms with Crippen LogP contribution in [-0.2, 0) is 12.8 Å². The van der Waals surface area contributed by atoms with Gasteiger partial charge in [-0.3, -0.25) is 0 Å². The zero-order chi connectivity index (χ0) is 13.4. The molecule has 0 bridgehead atoms. The summed E-state index contributed by atoms with van der Waals surface area (Å²) in [7, 11) is 0. The molecule has 0 heterocycles. The number of unbranched alkanes of at least 4 members (excludes halogenated alkanes) is 1. The second-order valence-electron chi connectivity index (χ2n) is 5.35. The summed E-state index contributed by atoms with van der Waals surface area (Å²) in [6.07, 6.45) is 7.19. The Morgan fingerprint density at radius 1 is 1.00 bits per heavy atom. The van der Waals surface area contributed by atoms with E-state index in [1.165, 1.54) is 36.8 Å². The highest BCUT2D eigenvalue weighted by atomic mass is 14.6. The van der Waals surface area contributed by atoms with E-state index in [-0.39, 0.29) is 0 Å². The van der Waals surface area contributed by atoms with Gasteiger partial charge in [-0.2, -0.15) is 0 Å². The predicted molar refractivity (Wildman–Crippen MR) is 80.8 cm³/mol. The number of benzene rings is 1. The van der Waals surface area contributed by atoms with Crippen LogP contribution in [0.1, 0.15) is 57.6 Å². The van der Waals surface area contributed by atoms with Gasteiger partial charge in [0, 0.05) is 6.04 Å². The molecule has 102 valence electrons. The van der Waals surface area contributed by atoms with Crippen LogP contribution >= 0.6 is 0 Å². The summed E-state index contributed by atoms with van der Waals surface area (Å²) in [6, 6.07) is 9.26. The molecule has 0 fully saturated rings. The number of aryl methyl sites for hydroxylation is 1. The fourth-order valence-electron chi connectivity index (χ4n) is 2.54. The third kappa shape index (κ3) is 4.81. The normalized spacial score (nSPS) is 14.4. The molecule has 2 atom stereocenters. The third-order valence-electron chi connectivity index (χ3n) is 3.96. The lowest BCUT2D eigenvalue weighted by molar-refractivity contribution is 0.369. The summed E-state index contributed by atoms with van der Waals surface area (Å²) in [4.78, 5) is 0. The van der Waals surface area contributed by atoms with Gasteiger partial charge >= 0.3 is 0 Å². The summed E-state index contributed by atoms with van der Waals surface area (Å²) in [5.41, 5.74) is 9.16. The maximum absolute atomic E-state index is 6.37. The van der Waals surface area contributed by atoms with Crippen molar-refractivity contribution in [2.45, 2.75) is 65.3 Å². The molecule has 1 aromatic rings. The van der Waals surface area contributed by atoms with Crippen LogP contribution in [-0.4, -0.2) is 6.04 Å². The molecule has 0 amide bonds. The second-order valence-corrected chi connectivity index (χ2v) is 5.35. The average Bonchev–Trinajstić information content (AvgIpc) is 2.40. The van der Waals surface area contributed by atoms with E-state index >= 15 is 0 Å². The van der Waals surface area contributed by atoms with E-state index in [1.54, 1.807) is 0 Å². The Balaban J connectivity index is 2.52. The molecule has 0 aliphatic rings. The van der Waals surface area contributed by atoms with Crippen LogP contribution in [0, 0.1) is 5.92 Å². The van der Waals surface area contributed by atoms with Crippen LogP contribution in [0.3, 0.4) is 0 Å². The van der Waals surface area contributed by atoms with Gasteiger partial charge in [0.25, 0.3) is 0 Å². The van der Waals surface area contributed by atoms with Gasteiger partial charge in [0.15, 0.2) is 0 Å². The van der Waals surface area contributed by atoms with Crippen LogP contribution in [0.15, 0.2) is 24.3 Å². The van der Waals surface area contributed by atoms with E-state index in [0.29, 0.717) is 12.0 Å². The van der Waals surface area contributed by atoms with Gasteiger partial charge in [0.2, 0.25) is 0 Å². The quantitative estimate of drug-likeness (QED) is 0.727. The second kappa shape index (κ2) is 8.31. The standard InChI is InChI=1S/C17H29N/c1-4-7-8-16(6-3)17(18)13-15-11-9-14(5-2)10-12-15/h9-12,16-17H,4-8,13,18H2,1-3H3. The first-order valence-electron chi connectivity index (χ1n) is 7.54. The molecule has 0 saturated carbocycles. The van der Waals surface area contributed by atoms with Crippen molar-refractivity contribution in [3.05, 3.63) is 35.4 Å². The lowest BCUT2D eigenvalue weighted by Crippen LogP contribution is -2.32. The zero-order valence-electron chi connectivity index (χ0n) is 12.3. The van der Waals surface area contributed by atoms with Gasteiger partial charge in [-0.15, -0.1) is 0 Å². The molecule has 2 N–H and O–H groups in total. The fourth-order valence-corrected chi connectivity index (χ4v) is 2.54. The minimum Gasteiger partial charge on any atom is -0.327 e. The Labute approximate surface area is 113 Å².